The summed E-state index contributed by atoms with van der Waals surface area (Å²) in [6, 6.07) is 0. The number of ether oxygens (including phenoxy) is 1. The molecule has 0 saturated carbocycles. The number of aliphatic hydroxyl groups is 1. The van der Waals surface area contributed by atoms with Gasteiger partial charge in [-0.1, -0.05) is 0 Å². The summed E-state index contributed by atoms with van der Waals surface area (Å²) in [5, 5.41) is 9.46. The van der Waals surface area contributed by atoms with Crippen LogP contribution in [0.2, 0.25) is 0 Å². The molecule has 2 nitrogen and oxygen atoms in total. The van der Waals surface area contributed by atoms with E-state index in [1.54, 1.807) is 0 Å². The molecular formula is C8H10F2O2. The lowest BCUT2D eigenvalue weighted by atomic mass is 9.94. The molecule has 68 valence electrons. The molecular weight excluding hydrogens is 166 g/mol. The molecule has 0 saturated heterocycles. The molecule has 0 heterocycles. The molecule has 1 aliphatic carbocycles. The van der Waals surface area contributed by atoms with Crippen LogP contribution in [-0.2, 0) is 4.74 Å². The van der Waals surface area contributed by atoms with Gasteiger partial charge in [-0.25, -0.2) is 8.78 Å². The highest BCUT2D eigenvalue weighted by Gasteiger charge is 2.35. The van der Waals surface area contributed by atoms with Gasteiger partial charge in [-0.15, -0.1) is 0 Å². The average Bonchev–Trinajstić information content (AvgIpc) is 1.99. The third-order valence-corrected chi connectivity index (χ3v) is 1.69. The molecule has 0 spiro atoms. The maximum Gasteiger partial charge on any atom is 0.156 e. The van der Waals surface area contributed by atoms with Crippen molar-refractivity contribution in [3.8, 4) is 0 Å². The minimum Gasteiger partial charge on any atom is -0.381 e. The minimum atomic E-state index is -1.75. The highest BCUT2D eigenvalue weighted by molar-refractivity contribution is 5.27. The quantitative estimate of drug-likeness (QED) is 0.683. The van der Waals surface area contributed by atoms with Gasteiger partial charge in [0, 0.05) is 7.11 Å². The van der Waals surface area contributed by atoms with Crippen molar-refractivity contribution in [1.29, 1.82) is 0 Å². The van der Waals surface area contributed by atoms with Crippen LogP contribution in [0.4, 0.5) is 8.78 Å². The van der Waals surface area contributed by atoms with Crippen LogP contribution in [0, 0.1) is 0 Å². The summed E-state index contributed by atoms with van der Waals surface area (Å²) >= 11 is 0. The number of allylic oxidation sites excluding steroid dienone is 2. The molecule has 2 unspecified atom stereocenters. The summed E-state index contributed by atoms with van der Waals surface area (Å²) in [7, 11) is 1.34. The lowest BCUT2D eigenvalue weighted by molar-refractivity contribution is -0.0356. The molecule has 0 amide bonds. The molecule has 0 aromatic rings. The number of hydrogen-bond acceptors (Lipinski definition) is 2. The van der Waals surface area contributed by atoms with Gasteiger partial charge >= 0.3 is 0 Å². The summed E-state index contributed by atoms with van der Waals surface area (Å²) in [6.07, 6.45) is 1.06. The first kappa shape index (κ1) is 9.35. The maximum atomic E-state index is 13.0. The first-order valence-electron chi connectivity index (χ1n) is 3.50. The fraction of sp³-hybridized carbons (Fsp3) is 0.500. The first-order valence-corrected chi connectivity index (χ1v) is 3.50. The van der Waals surface area contributed by atoms with E-state index >= 15 is 0 Å². The minimum absolute atomic E-state index is 0.186. The zero-order chi connectivity index (χ0) is 9.19. The summed E-state index contributed by atoms with van der Waals surface area (Å²) in [6.45, 7) is -0.186. The lowest BCUT2D eigenvalue weighted by Crippen LogP contribution is -2.42. The van der Waals surface area contributed by atoms with Gasteiger partial charge in [0.15, 0.2) is 6.17 Å². The first-order chi connectivity index (χ1) is 5.58. The zero-order valence-corrected chi connectivity index (χ0v) is 6.63. The van der Waals surface area contributed by atoms with Crippen LogP contribution in [0.15, 0.2) is 24.1 Å². The average molecular weight is 176 g/mol. The van der Waals surface area contributed by atoms with Crippen molar-refractivity contribution in [2.45, 2.75) is 11.8 Å². The van der Waals surface area contributed by atoms with Crippen LogP contribution in [0.25, 0.3) is 0 Å². The molecule has 4 heteroatoms. The van der Waals surface area contributed by atoms with Crippen LogP contribution in [-0.4, -0.2) is 30.6 Å². The molecule has 0 aliphatic heterocycles. The van der Waals surface area contributed by atoms with Gasteiger partial charge in [0.2, 0.25) is 0 Å². The number of hydrogen-bond donors (Lipinski definition) is 1. The third kappa shape index (κ3) is 1.70. The fourth-order valence-corrected chi connectivity index (χ4v) is 1.01. The Morgan fingerprint density at radius 3 is 2.92 bits per heavy atom. The number of halogens is 2. The van der Waals surface area contributed by atoms with Gasteiger partial charge in [-0.05, 0) is 18.2 Å². The normalized spacial score (nSPS) is 35.0. The Labute approximate surface area is 69.1 Å². The van der Waals surface area contributed by atoms with Crippen molar-refractivity contribution < 1.29 is 18.6 Å². The molecule has 1 N–H and O–H groups in total. The van der Waals surface area contributed by atoms with Gasteiger partial charge in [-0.3, -0.25) is 0 Å². The third-order valence-electron chi connectivity index (χ3n) is 1.69. The largest absolute Gasteiger partial charge is 0.381 e. The van der Waals surface area contributed by atoms with E-state index in [0.29, 0.717) is 0 Å². The predicted molar refractivity (Wildman–Crippen MR) is 40.1 cm³/mol. The van der Waals surface area contributed by atoms with E-state index in [1.807, 2.05) is 0 Å². The van der Waals surface area contributed by atoms with Crippen LogP contribution < -0.4 is 0 Å². The van der Waals surface area contributed by atoms with Gasteiger partial charge in [0.1, 0.15) is 11.4 Å². The topological polar surface area (TPSA) is 29.5 Å². The van der Waals surface area contributed by atoms with Crippen LogP contribution in [0.3, 0.4) is 0 Å². The van der Waals surface area contributed by atoms with E-state index in [-0.39, 0.29) is 6.61 Å². The Hall–Kier alpha value is -0.740. The Kier molecular flexibility index (Phi) is 2.59. The monoisotopic (exact) mass is 176 g/mol. The van der Waals surface area contributed by atoms with Crippen molar-refractivity contribution >= 4 is 0 Å². The van der Waals surface area contributed by atoms with E-state index < -0.39 is 17.6 Å². The maximum absolute atomic E-state index is 13.0. The van der Waals surface area contributed by atoms with E-state index in [2.05, 4.69) is 4.74 Å². The molecule has 0 fully saturated rings. The van der Waals surface area contributed by atoms with E-state index in [4.69, 9.17) is 0 Å². The van der Waals surface area contributed by atoms with Crippen molar-refractivity contribution in [3.05, 3.63) is 24.1 Å². The molecule has 0 radical (unpaired) electrons. The number of rotatable bonds is 2. The highest BCUT2D eigenvalue weighted by atomic mass is 19.1. The number of methoxy groups -OCH3 is 1. The molecule has 12 heavy (non-hydrogen) atoms. The number of alkyl halides is 1. The molecule has 2 atom stereocenters. The molecule has 0 aromatic heterocycles. The fourth-order valence-electron chi connectivity index (χ4n) is 1.01. The van der Waals surface area contributed by atoms with Gasteiger partial charge in [0.05, 0.1) is 6.61 Å². The SMILES string of the molecule is COCC1(O)C=CC(F)=CC1F. The standard InChI is InChI=1S/C8H10F2O2/c1-12-5-8(11)3-2-6(9)4-7(8)10/h2-4,7,11H,5H2,1H3. The van der Waals surface area contributed by atoms with E-state index in [9.17, 15) is 13.9 Å². The summed E-state index contributed by atoms with van der Waals surface area (Å²) in [5.74, 6) is -0.678. The Bertz CT molecular complexity index is 225. The highest BCUT2D eigenvalue weighted by Crippen LogP contribution is 2.24. The summed E-state index contributed by atoms with van der Waals surface area (Å²) in [5.41, 5.74) is -1.72. The van der Waals surface area contributed by atoms with Gasteiger partial charge < -0.3 is 9.84 Å². The Morgan fingerprint density at radius 2 is 2.42 bits per heavy atom. The Morgan fingerprint density at radius 1 is 1.75 bits per heavy atom. The molecule has 1 aliphatic rings. The lowest BCUT2D eigenvalue weighted by Gasteiger charge is -2.27. The Balaban J connectivity index is 2.76. The van der Waals surface area contributed by atoms with Crippen LogP contribution in [0.5, 0.6) is 0 Å². The van der Waals surface area contributed by atoms with Crippen molar-refractivity contribution in [3.63, 3.8) is 0 Å². The van der Waals surface area contributed by atoms with Crippen molar-refractivity contribution in [2.24, 2.45) is 0 Å². The molecule has 0 bridgehead atoms. The van der Waals surface area contributed by atoms with E-state index in [0.717, 1.165) is 18.2 Å². The van der Waals surface area contributed by atoms with Gasteiger partial charge in [0.25, 0.3) is 0 Å². The molecule has 1 rings (SSSR count). The smallest absolute Gasteiger partial charge is 0.156 e. The van der Waals surface area contributed by atoms with E-state index in [1.165, 1.54) is 7.11 Å². The second-order valence-electron chi connectivity index (χ2n) is 2.71. The predicted octanol–water partition coefficient (Wildman–Crippen LogP) is 1.13. The zero-order valence-electron chi connectivity index (χ0n) is 6.63. The second-order valence-corrected chi connectivity index (χ2v) is 2.71. The molecule has 0 aromatic carbocycles. The van der Waals surface area contributed by atoms with Crippen molar-refractivity contribution in [1.82, 2.24) is 0 Å². The van der Waals surface area contributed by atoms with Gasteiger partial charge in [-0.2, -0.15) is 0 Å². The second kappa shape index (κ2) is 3.33. The summed E-state index contributed by atoms with van der Waals surface area (Å²) < 4.78 is 30.0. The van der Waals surface area contributed by atoms with Crippen LogP contribution >= 0.6 is 0 Å². The van der Waals surface area contributed by atoms with Crippen molar-refractivity contribution in [2.75, 3.05) is 13.7 Å². The van der Waals surface area contributed by atoms with Crippen LogP contribution in [0.1, 0.15) is 0 Å². The summed E-state index contributed by atoms with van der Waals surface area (Å²) in [4.78, 5) is 0.